The number of aliphatic hydroxyl groups excluding tert-OH is 1. The number of likely N-dealkylation sites (tertiary alicyclic amines) is 1. The number of hydrogen-bond acceptors (Lipinski definition) is 4. The van der Waals surface area contributed by atoms with Crippen molar-refractivity contribution in [2.75, 3.05) is 26.7 Å². The normalized spacial score (nSPS) is 28.8. The third kappa shape index (κ3) is 3.20. The summed E-state index contributed by atoms with van der Waals surface area (Å²) in [7, 11) is 2.21. The van der Waals surface area contributed by atoms with Gasteiger partial charge in [0.2, 0.25) is 0 Å². The third-order valence-corrected chi connectivity index (χ3v) is 8.35. The molecular formula is C14H25NOS2. The predicted octanol–water partition coefficient (Wildman–Crippen LogP) is 2.81. The van der Waals surface area contributed by atoms with Gasteiger partial charge in [-0.3, -0.25) is 0 Å². The van der Waals surface area contributed by atoms with Gasteiger partial charge in [0.05, 0.1) is 11.2 Å². The molecule has 2 nitrogen and oxygen atoms in total. The van der Waals surface area contributed by atoms with Gasteiger partial charge in [0.1, 0.15) is 0 Å². The van der Waals surface area contributed by atoms with Crippen LogP contribution in [0.3, 0.4) is 0 Å². The van der Waals surface area contributed by atoms with Crippen molar-refractivity contribution in [3.63, 3.8) is 0 Å². The Labute approximate surface area is 119 Å². The number of thioether (sulfide) groups is 2. The number of rotatable bonds is 6. The van der Waals surface area contributed by atoms with E-state index in [0.717, 1.165) is 23.6 Å². The second-order valence-electron chi connectivity index (χ2n) is 6.33. The molecule has 104 valence electrons. The molecule has 0 amide bonds. The fourth-order valence-corrected chi connectivity index (χ4v) is 6.52. The maximum Gasteiger partial charge on any atom is 0.0587 e. The summed E-state index contributed by atoms with van der Waals surface area (Å²) in [5.74, 6) is 0. The first kappa shape index (κ1) is 13.6. The Kier molecular flexibility index (Phi) is 4.19. The Hall–Kier alpha value is 0.620. The van der Waals surface area contributed by atoms with Crippen LogP contribution in [0.15, 0.2) is 0 Å². The fourth-order valence-electron chi connectivity index (χ4n) is 2.61. The number of nitrogens with zero attached hydrogens (tertiary/aromatic N) is 1. The first-order chi connectivity index (χ1) is 8.72. The van der Waals surface area contributed by atoms with Gasteiger partial charge < -0.3 is 10.0 Å². The van der Waals surface area contributed by atoms with Crippen LogP contribution in [-0.4, -0.2) is 51.8 Å². The van der Waals surface area contributed by atoms with Crippen molar-refractivity contribution in [1.29, 1.82) is 0 Å². The lowest BCUT2D eigenvalue weighted by Gasteiger charge is -2.44. The molecule has 0 aromatic carbocycles. The summed E-state index contributed by atoms with van der Waals surface area (Å²) in [5.41, 5.74) is 0.201. The minimum absolute atomic E-state index is 0.201. The van der Waals surface area contributed by atoms with Gasteiger partial charge in [-0.2, -0.15) is 0 Å². The standard InChI is InChI=1S/C14H25NOS2/c1-15-8-6-14(10-16,7-9-15)13(17-11-2-3-11)18-12-4-5-12/h11-13,16H,2-10H2,1H3. The molecule has 1 saturated heterocycles. The van der Waals surface area contributed by atoms with Crippen LogP contribution in [0.25, 0.3) is 0 Å². The van der Waals surface area contributed by atoms with Crippen molar-refractivity contribution in [2.24, 2.45) is 5.41 Å². The van der Waals surface area contributed by atoms with Crippen molar-refractivity contribution in [3.8, 4) is 0 Å². The molecule has 0 unspecified atom stereocenters. The summed E-state index contributed by atoms with van der Waals surface area (Å²) in [5, 5.41) is 11.8. The molecule has 0 bridgehead atoms. The van der Waals surface area contributed by atoms with Crippen molar-refractivity contribution in [2.45, 2.75) is 53.6 Å². The molecule has 3 rings (SSSR count). The highest BCUT2D eigenvalue weighted by molar-refractivity contribution is 8.17. The maximum atomic E-state index is 10.0. The quantitative estimate of drug-likeness (QED) is 0.759. The van der Waals surface area contributed by atoms with Crippen molar-refractivity contribution in [1.82, 2.24) is 4.90 Å². The molecule has 1 N–H and O–H groups in total. The second-order valence-corrected chi connectivity index (χ2v) is 9.45. The molecule has 2 aliphatic carbocycles. The molecule has 0 radical (unpaired) electrons. The summed E-state index contributed by atoms with van der Waals surface area (Å²) in [4.78, 5) is 2.41. The van der Waals surface area contributed by atoms with Crippen molar-refractivity contribution in [3.05, 3.63) is 0 Å². The van der Waals surface area contributed by atoms with E-state index in [1.807, 2.05) is 0 Å². The van der Waals surface area contributed by atoms with Crippen LogP contribution < -0.4 is 0 Å². The van der Waals surface area contributed by atoms with Gasteiger partial charge in [-0.25, -0.2) is 0 Å². The SMILES string of the molecule is CN1CCC(CO)(C(SC2CC2)SC2CC2)CC1. The van der Waals surface area contributed by atoms with Crippen LogP contribution in [0, 0.1) is 5.41 Å². The lowest BCUT2D eigenvalue weighted by Crippen LogP contribution is -2.45. The summed E-state index contributed by atoms with van der Waals surface area (Å²) in [6.45, 7) is 2.71. The molecular weight excluding hydrogens is 262 g/mol. The minimum atomic E-state index is 0.201. The Balaban J connectivity index is 1.67. The van der Waals surface area contributed by atoms with Gasteiger partial charge in [0.25, 0.3) is 0 Å². The average Bonchev–Trinajstić information content (AvgIpc) is 3.25. The van der Waals surface area contributed by atoms with Crippen LogP contribution in [0.2, 0.25) is 0 Å². The van der Waals surface area contributed by atoms with E-state index in [-0.39, 0.29) is 5.41 Å². The molecule has 18 heavy (non-hydrogen) atoms. The second kappa shape index (κ2) is 5.55. The van der Waals surface area contributed by atoms with E-state index < -0.39 is 0 Å². The van der Waals surface area contributed by atoms with Crippen LogP contribution in [0.1, 0.15) is 38.5 Å². The smallest absolute Gasteiger partial charge is 0.0587 e. The monoisotopic (exact) mass is 287 g/mol. The molecule has 2 saturated carbocycles. The largest absolute Gasteiger partial charge is 0.396 e. The maximum absolute atomic E-state index is 10.0. The van der Waals surface area contributed by atoms with Crippen molar-refractivity contribution >= 4 is 23.5 Å². The first-order valence-corrected chi connectivity index (χ1v) is 9.21. The summed E-state index contributed by atoms with van der Waals surface area (Å²) < 4.78 is 0.649. The Morgan fingerprint density at radius 3 is 2.00 bits per heavy atom. The predicted molar refractivity (Wildman–Crippen MR) is 81.3 cm³/mol. The van der Waals surface area contributed by atoms with E-state index >= 15 is 0 Å². The van der Waals surface area contributed by atoms with Gasteiger partial charge in [-0.1, -0.05) is 0 Å². The molecule has 4 heteroatoms. The highest BCUT2D eigenvalue weighted by Crippen LogP contribution is 2.55. The lowest BCUT2D eigenvalue weighted by molar-refractivity contribution is 0.0667. The summed E-state index contributed by atoms with van der Waals surface area (Å²) in [6.07, 6.45) is 8.01. The van der Waals surface area contributed by atoms with Gasteiger partial charge >= 0.3 is 0 Å². The number of aliphatic hydroxyl groups is 1. The lowest BCUT2D eigenvalue weighted by atomic mass is 9.81. The zero-order valence-corrected chi connectivity index (χ0v) is 12.9. The minimum Gasteiger partial charge on any atom is -0.396 e. The van der Waals surface area contributed by atoms with E-state index in [9.17, 15) is 5.11 Å². The first-order valence-electron chi connectivity index (χ1n) is 7.32. The molecule has 3 aliphatic rings. The van der Waals surface area contributed by atoms with E-state index in [1.54, 1.807) is 0 Å². The molecule has 0 aromatic heterocycles. The van der Waals surface area contributed by atoms with E-state index in [2.05, 4.69) is 35.5 Å². The molecule has 0 spiro atoms. The highest BCUT2D eigenvalue weighted by atomic mass is 32.2. The molecule has 0 atom stereocenters. The van der Waals surface area contributed by atoms with Crippen molar-refractivity contribution < 1.29 is 5.11 Å². The highest BCUT2D eigenvalue weighted by Gasteiger charge is 2.45. The third-order valence-electron chi connectivity index (χ3n) is 4.48. The summed E-state index contributed by atoms with van der Waals surface area (Å²) in [6, 6.07) is 0. The van der Waals surface area contributed by atoms with E-state index in [4.69, 9.17) is 0 Å². The topological polar surface area (TPSA) is 23.5 Å². The Bertz CT molecular complexity index is 270. The van der Waals surface area contributed by atoms with Crippen LogP contribution >= 0.6 is 23.5 Å². The Morgan fingerprint density at radius 1 is 1.11 bits per heavy atom. The van der Waals surface area contributed by atoms with E-state index in [1.165, 1.54) is 38.5 Å². The summed E-state index contributed by atoms with van der Waals surface area (Å²) >= 11 is 4.39. The molecule has 1 heterocycles. The number of piperidine rings is 1. The Morgan fingerprint density at radius 2 is 1.61 bits per heavy atom. The molecule has 0 aromatic rings. The fraction of sp³-hybridized carbons (Fsp3) is 1.00. The molecule has 1 aliphatic heterocycles. The van der Waals surface area contributed by atoms with Crippen LogP contribution in [0.5, 0.6) is 0 Å². The van der Waals surface area contributed by atoms with Crippen LogP contribution in [-0.2, 0) is 0 Å². The van der Waals surface area contributed by atoms with E-state index in [0.29, 0.717) is 11.2 Å². The zero-order chi connectivity index (χ0) is 12.6. The van der Waals surface area contributed by atoms with Gasteiger partial charge in [-0.15, -0.1) is 23.5 Å². The van der Waals surface area contributed by atoms with Crippen LogP contribution in [0.4, 0.5) is 0 Å². The van der Waals surface area contributed by atoms with Gasteiger partial charge in [0.15, 0.2) is 0 Å². The zero-order valence-electron chi connectivity index (χ0n) is 11.3. The van der Waals surface area contributed by atoms with Gasteiger partial charge in [0, 0.05) is 15.9 Å². The van der Waals surface area contributed by atoms with Gasteiger partial charge in [-0.05, 0) is 58.7 Å². The number of hydrogen-bond donors (Lipinski definition) is 1. The molecule has 3 fully saturated rings. The average molecular weight is 287 g/mol.